The van der Waals surface area contributed by atoms with E-state index < -0.39 is 57.1 Å². The average Bonchev–Trinajstić information content (AvgIpc) is 2.22. The molecule has 0 saturated heterocycles. The molecular formula is C2H18N2O14Si5. The van der Waals surface area contributed by atoms with E-state index in [0.29, 0.717) is 0 Å². The van der Waals surface area contributed by atoms with Gasteiger partial charge in [0.05, 0.1) is 12.3 Å². The highest BCUT2D eigenvalue weighted by molar-refractivity contribution is 6.78. The summed E-state index contributed by atoms with van der Waals surface area (Å²) in [4.78, 5) is 91.8. The van der Waals surface area contributed by atoms with E-state index in [-0.39, 0.29) is 0 Å². The van der Waals surface area contributed by atoms with Gasteiger partial charge in [-0.15, -0.1) is 0 Å². The van der Waals surface area contributed by atoms with E-state index in [0.717, 1.165) is 0 Å². The number of hydrogen-bond acceptors (Lipinski definition) is 16. The second kappa shape index (κ2) is 7.77. The second-order valence-corrected chi connectivity index (χ2v) is 14.3. The van der Waals surface area contributed by atoms with Gasteiger partial charge in [0.2, 0.25) is 0 Å². The highest BCUT2D eigenvalue weighted by Gasteiger charge is 2.61. The molecule has 0 heterocycles. The van der Waals surface area contributed by atoms with E-state index in [4.69, 9.17) is 30.7 Å². The van der Waals surface area contributed by atoms with Crippen LogP contribution in [0.3, 0.4) is 0 Å². The van der Waals surface area contributed by atoms with Gasteiger partial charge in [-0.05, 0) is 0 Å². The van der Waals surface area contributed by atoms with Gasteiger partial charge in [0.15, 0.2) is 0 Å². The summed E-state index contributed by atoms with van der Waals surface area (Å²) < 4.78 is 15.5. The molecule has 0 amide bonds. The maximum Gasteiger partial charge on any atom is 0.662 e. The third kappa shape index (κ3) is 10.1. The Bertz CT molecular complexity index is 353. The lowest BCUT2D eigenvalue weighted by Gasteiger charge is -2.30. The summed E-state index contributed by atoms with van der Waals surface area (Å²) in [6, 6.07) is 0. The first kappa shape index (κ1) is 23.4. The first-order valence-electron chi connectivity index (χ1n) is 5.39. The normalized spacial score (nSPS) is 15.1. The minimum atomic E-state index is -5.81. The summed E-state index contributed by atoms with van der Waals surface area (Å²) in [5.41, 5.74) is 9.69. The molecule has 0 aliphatic rings. The maximum atomic E-state index is 9.29. The van der Waals surface area contributed by atoms with Gasteiger partial charge < -0.3 is 75.9 Å². The van der Waals surface area contributed by atoms with Gasteiger partial charge >= 0.3 is 44.8 Å². The predicted molar refractivity (Wildman–Crippen MR) is 73.4 cm³/mol. The molecule has 0 spiro atoms. The van der Waals surface area contributed by atoms with Crippen molar-refractivity contribution in [2.24, 2.45) is 11.5 Å². The Hall–Kier alpha value is 0.444. The van der Waals surface area contributed by atoms with Crippen molar-refractivity contribution in [1.82, 2.24) is 0 Å². The van der Waals surface area contributed by atoms with Crippen LogP contribution >= 0.6 is 0 Å². The van der Waals surface area contributed by atoms with Crippen LogP contribution in [-0.2, 0) is 16.5 Å². The SMILES string of the molecule is NC[Si](O)(O)O[Si](O)(O)O[Si](O)(O)O[Si](O)(O)O[Si](O)(O)CN. The monoisotopic (exact) mass is 434 g/mol. The third-order valence-electron chi connectivity index (χ3n) is 1.66. The summed E-state index contributed by atoms with van der Waals surface area (Å²) in [6.45, 7) is 0. The third-order valence-corrected chi connectivity index (χ3v) is 11.7. The molecule has 0 aliphatic heterocycles. The molecule has 140 valence electrons. The van der Waals surface area contributed by atoms with E-state index in [1.54, 1.807) is 0 Å². The fourth-order valence-corrected chi connectivity index (χ4v) is 9.39. The first-order valence-corrected chi connectivity index (χ1v) is 14.5. The molecule has 0 unspecified atom stereocenters. The molecule has 16 nitrogen and oxygen atoms in total. The zero-order valence-corrected chi connectivity index (χ0v) is 16.2. The van der Waals surface area contributed by atoms with Gasteiger partial charge in [0.25, 0.3) is 0 Å². The molecule has 0 atom stereocenters. The maximum absolute atomic E-state index is 9.29. The van der Waals surface area contributed by atoms with Crippen LogP contribution in [0, 0.1) is 0 Å². The Morgan fingerprint density at radius 1 is 0.478 bits per heavy atom. The Morgan fingerprint density at radius 3 is 0.913 bits per heavy atom. The van der Waals surface area contributed by atoms with Gasteiger partial charge in [0.1, 0.15) is 0 Å². The average molecular weight is 435 g/mol. The van der Waals surface area contributed by atoms with Gasteiger partial charge in [-0.25, -0.2) is 0 Å². The standard InChI is InChI=1S/C2H18N2O14Si5/c3-1-19(5,6)15-21(9,10)17-23(13,14)18-22(11,12)16-20(7,8)2-4/h5-14H,1-4H2. The van der Waals surface area contributed by atoms with Gasteiger partial charge in [-0.1, -0.05) is 0 Å². The molecule has 0 aromatic rings. The molecular weight excluding hydrogens is 416 g/mol. The lowest BCUT2D eigenvalue weighted by atomic mass is 11.5. The van der Waals surface area contributed by atoms with Crippen molar-refractivity contribution >= 4 is 44.8 Å². The van der Waals surface area contributed by atoms with Gasteiger partial charge in [-0.2, -0.15) is 0 Å². The summed E-state index contributed by atoms with van der Waals surface area (Å²) in [6.07, 6.45) is -1.89. The highest BCUT2D eigenvalue weighted by Crippen LogP contribution is 2.15. The molecule has 0 rings (SSSR count). The van der Waals surface area contributed by atoms with Crippen molar-refractivity contribution in [3.8, 4) is 0 Å². The summed E-state index contributed by atoms with van der Waals surface area (Å²) >= 11 is 0. The first-order chi connectivity index (χ1) is 9.95. The van der Waals surface area contributed by atoms with Crippen molar-refractivity contribution in [1.29, 1.82) is 0 Å². The van der Waals surface area contributed by atoms with Crippen LogP contribution in [0.2, 0.25) is 0 Å². The van der Waals surface area contributed by atoms with Crippen LogP contribution in [0.25, 0.3) is 0 Å². The summed E-state index contributed by atoms with van der Waals surface area (Å²) in [5, 5.41) is 0. The van der Waals surface area contributed by atoms with Gasteiger partial charge in [0, 0.05) is 0 Å². The van der Waals surface area contributed by atoms with Crippen LogP contribution < -0.4 is 11.5 Å². The van der Waals surface area contributed by atoms with Crippen LogP contribution in [0.15, 0.2) is 0 Å². The highest BCUT2D eigenvalue weighted by atomic mass is 28.5. The molecule has 0 fully saturated rings. The lowest BCUT2D eigenvalue weighted by molar-refractivity contribution is -0.000172. The number of hydrogen-bond donors (Lipinski definition) is 12. The lowest BCUT2D eigenvalue weighted by Crippen LogP contribution is -2.68. The van der Waals surface area contributed by atoms with Crippen LogP contribution in [0.5, 0.6) is 0 Å². The second-order valence-electron chi connectivity index (χ2n) is 3.95. The van der Waals surface area contributed by atoms with Crippen molar-refractivity contribution in [2.45, 2.75) is 0 Å². The molecule has 14 N–H and O–H groups in total. The van der Waals surface area contributed by atoms with Crippen LogP contribution in [0.4, 0.5) is 0 Å². The Morgan fingerprint density at radius 2 is 0.696 bits per heavy atom. The molecule has 21 heteroatoms. The Labute approximate surface area is 133 Å². The molecule has 0 aromatic heterocycles. The molecule has 0 aliphatic carbocycles. The van der Waals surface area contributed by atoms with E-state index >= 15 is 0 Å². The molecule has 0 radical (unpaired) electrons. The smallest absolute Gasteiger partial charge is 0.389 e. The summed E-state index contributed by atoms with van der Waals surface area (Å²) in [5.74, 6) is 0. The van der Waals surface area contributed by atoms with Gasteiger partial charge in [-0.3, -0.25) is 0 Å². The zero-order valence-electron chi connectivity index (χ0n) is 11.2. The number of nitrogens with two attached hydrogens (primary N) is 2. The zero-order chi connectivity index (χ0) is 18.7. The Kier molecular flexibility index (Phi) is 7.92. The quantitative estimate of drug-likeness (QED) is 0.142. The van der Waals surface area contributed by atoms with E-state index in [1.165, 1.54) is 0 Å². The van der Waals surface area contributed by atoms with E-state index in [1.807, 2.05) is 0 Å². The van der Waals surface area contributed by atoms with Crippen LogP contribution in [-0.4, -0.2) is 105 Å². The topological polar surface area (TPSA) is 291 Å². The molecule has 0 aromatic carbocycles. The molecule has 23 heavy (non-hydrogen) atoms. The fourth-order valence-electron chi connectivity index (χ4n) is 0.918. The van der Waals surface area contributed by atoms with Crippen molar-refractivity contribution in [3.05, 3.63) is 0 Å². The van der Waals surface area contributed by atoms with Crippen molar-refractivity contribution in [3.63, 3.8) is 0 Å². The van der Waals surface area contributed by atoms with Crippen LogP contribution in [0.1, 0.15) is 0 Å². The minimum absolute atomic E-state index is 0.945. The fraction of sp³-hybridized carbons (Fsp3) is 1.00. The predicted octanol–water partition coefficient (Wildman–Crippen LogP) is -8.84. The largest absolute Gasteiger partial charge is 0.662 e. The summed E-state index contributed by atoms with van der Waals surface area (Å²) in [7, 11) is -26.7. The minimum Gasteiger partial charge on any atom is -0.389 e. The Balaban J connectivity index is 4.93. The van der Waals surface area contributed by atoms with Crippen molar-refractivity contribution < 1.29 is 64.4 Å². The van der Waals surface area contributed by atoms with Crippen molar-refractivity contribution in [2.75, 3.05) is 12.3 Å². The van der Waals surface area contributed by atoms with E-state index in [9.17, 15) is 28.8 Å². The number of rotatable bonds is 10. The van der Waals surface area contributed by atoms with E-state index in [2.05, 4.69) is 16.5 Å². The molecule has 0 bridgehead atoms. The molecule has 0 saturated carbocycles.